The van der Waals surface area contributed by atoms with E-state index in [2.05, 4.69) is 88.4 Å². The van der Waals surface area contributed by atoms with Gasteiger partial charge in [0.1, 0.15) is 5.75 Å². The molecule has 1 aromatic heterocycles. The van der Waals surface area contributed by atoms with Crippen molar-refractivity contribution >= 4 is 11.6 Å². The van der Waals surface area contributed by atoms with Crippen molar-refractivity contribution in [2.75, 3.05) is 7.11 Å². The number of aromatic nitrogens is 2. The Morgan fingerprint density at radius 2 is 1.77 bits per heavy atom. The lowest BCUT2D eigenvalue weighted by Gasteiger charge is -2.14. The lowest BCUT2D eigenvalue weighted by molar-refractivity contribution is 0.414. The second-order valence-corrected chi connectivity index (χ2v) is 7.72. The van der Waals surface area contributed by atoms with Gasteiger partial charge in [-0.3, -0.25) is 0 Å². The highest BCUT2D eigenvalue weighted by molar-refractivity contribution is 5.89. The van der Waals surface area contributed by atoms with Crippen molar-refractivity contribution < 1.29 is 4.74 Å². The summed E-state index contributed by atoms with van der Waals surface area (Å²) >= 11 is 0. The average molecular weight is 393 g/mol. The van der Waals surface area contributed by atoms with Crippen molar-refractivity contribution in [3.05, 3.63) is 119 Å². The van der Waals surface area contributed by atoms with Gasteiger partial charge < -0.3 is 9.30 Å². The van der Waals surface area contributed by atoms with Gasteiger partial charge in [-0.1, -0.05) is 66.7 Å². The fraction of sp³-hybridized carbons (Fsp3) is 0.148. The van der Waals surface area contributed by atoms with E-state index in [0.29, 0.717) is 5.92 Å². The number of benzene rings is 3. The number of allylic oxidation sites excluding steroid dienone is 1. The minimum absolute atomic E-state index is 0.327. The molecule has 1 aliphatic rings. The van der Waals surface area contributed by atoms with Crippen molar-refractivity contribution in [3.63, 3.8) is 0 Å². The normalized spacial score (nSPS) is 16.6. The highest BCUT2D eigenvalue weighted by Gasteiger charge is 2.28. The minimum atomic E-state index is 0.327. The number of imidazole rings is 1. The smallest absolute Gasteiger partial charge is 0.119 e. The Hall–Kier alpha value is -3.59. The maximum absolute atomic E-state index is 5.52. The highest BCUT2D eigenvalue weighted by atomic mass is 16.5. The van der Waals surface area contributed by atoms with Crippen LogP contribution in [0.2, 0.25) is 0 Å². The standard InChI is InChI=1S/C27H24N2O/c1-30-24-13-12-22-14-25(21-10-6-3-7-11-21)27(26(22)16-24)15-23-17-28-19-29(23)18-20-8-4-2-5-9-20/h2-13,15-17,19,25H,14,18H2,1H3/b27-15+. The van der Waals surface area contributed by atoms with Gasteiger partial charge in [0.2, 0.25) is 0 Å². The van der Waals surface area contributed by atoms with E-state index in [1.165, 1.54) is 27.8 Å². The second-order valence-electron chi connectivity index (χ2n) is 7.72. The van der Waals surface area contributed by atoms with Crippen LogP contribution < -0.4 is 4.74 Å². The van der Waals surface area contributed by atoms with Crippen LogP contribution in [0.5, 0.6) is 5.75 Å². The van der Waals surface area contributed by atoms with Crippen LogP contribution in [0.25, 0.3) is 11.6 Å². The van der Waals surface area contributed by atoms with E-state index in [1.807, 2.05) is 18.6 Å². The number of nitrogens with zero attached hydrogens (tertiary/aromatic N) is 2. The van der Waals surface area contributed by atoms with Crippen LogP contribution in [0, 0.1) is 0 Å². The summed E-state index contributed by atoms with van der Waals surface area (Å²) in [6, 6.07) is 27.7. The molecule has 0 saturated heterocycles. The van der Waals surface area contributed by atoms with E-state index in [4.69, 9.17) is 4.74 Å². The van der Waals surface area contributed by atoms with Gasteiger partial charge in [-0.25, -0.2) is 4.98 Å². The summed E-state index contributed by atoms with van der Waals surface area (Å²) in [6.07, 6.45) is 7.18. The molecule has 3 heteroatoms. The van der Waals surface area contributed by atoms with Gasteiger partial charge in [-0.15, -0.1) is 0 Å². The number of hydrogen-bond acceptors (Lipinski definition) is 2. The molecule has 1 atom stereocenters. The van der Waals surface area contributed by atoms with E-state index in [9.17, 15) is 0 Å². The Morgan fingerprint density at radius 3 is 2.53 bits per heavy atom. The molecule has 0 amide bonds. The Labute approximate surface area is 177 Å². The summed E-state index contributed by atoms with van der Waals surface area (Å²) in [4.78, 5) is 4.44. The second kappa shape index (κ2) is 8.03. The third-order valence-corrected chi connectivity index (χ3v) is 5.87. The Morgan fingerprint density at radius 1 is 1.00 bits per heavy atom. The van der Waals surface area contributed by atoms with E-state index in [0.717, 1.165) is 24.4 Å². The largest absolute Gasteiger partial charge is 0.497 e. The Kier molecular flexibility index (Phi) is 4.94. The number of fused-ring (bicyclic) bond motifs is 1. The summed E-state index contributed by atoms with van der Waals surface area (Å²) in [5, 5.41) is 0. The van der Waals surface area contributed by atoms with Crippen LogP contribution >= 0.6 is 0 Å². The lowest BCUT2D eigenvalue weighted by atomic mass is 9.91. The molecule has 0 radical (unpaired) electrons. The SMILES string of the molecule is COc1ccc2c(c1)/C(=C/c1cncn1Cc1ccccc1)C(c1ccccc1)C2. The van der Waals surface area contributed by atoms with E-state index in [-0.39, 0.29) is 0 Å². The first kappa shape index (κ1) is 18.4. The number of methoxy groups -OCH3 is 1. The first-order chi connectivity index (χ1) is 14.8. The van der Waals surface area contributed by atoms with Crippen molar-refractivity contribution in [1.29, 1.82) is 0 Å². The molecular weight excluding hydrogens is 368 g/mol. The third kappa shape index (κ3) is 3.55. The van der Waals surface area contributed by atoms with E-state index < -0.39 is 0 Å². The summed E-state index contributed by atoms with van der Waals surface area (Å²) in [6.45, 7) is 0.806. The fourth-order valence-electron chi connectivity index (χ4n) is 4.33. The molecule has 30 heavy (non-hydrogen) atoms. The van der Waals surface area contributed by atoms with Gasteiger partial charge in [0.05, 0.1) is 25.3 Å². The molecule has 0 aliphatic heterocycles. The van der Waals surface area contributed by atoms with Crippen molar-refractivity contribution in [1.82, 2.24) is 9.55 Å². The molecule has 0 N–H and O–H groups in total. The topological polar surface area (TPSA) is 27.1 Å². The molecule has 1 heterocycles. The molecule has 0 saturated carbocycles. The van der Waals surface area contributed by atoms with Crippen molar-refractivity contribution in [3.8, 4) is 5.75 Å². The van der Waals surface area contributed by atoms with Gasteiger partial charge in [0, 0.05) is 12.5 Å². The molecule has 5 rings (SSSR count). The van der Waals surface area contributed by atoms with Gasteiger partial charge in [0.15, 0.2) is 0 Å². The monoisotopic (exact) mass is 392 g/mol. The quantitative estimate of drug-likeness (QED) is 0.428. The molecule has 1 unspecified atom stereocenters. The maximum Gasteiger partial charge on any atom is 0.119 e. The van der Waals surface area contributed by atoms with Gasteiger partial charge in [0.25, 0.3) is 0 Å². The molecular formula is C27H24N2O. The number of ether oxygens (including phenoxy) is 1. The lowest BCUT2D eigenvalue weighted by Crippen LogP contribution is -2.02. The van der Waals surface area contributed by atoms with Crippen LogP contribution in [-0.4, -0.2) is 16.7 Å². The molecule has 3 aromatic carbocycles. The van der Waals surface area contributed by atoms with Crippen molar-refractivity contribution in [2.24, 2.45) is 0 Å². The minimum Gasteiger partial charge on any atom is -0.497 e. The summed E-state index contributed by atoms with van der Waals surface area (Å²) in [5.41, 5.74) is 7.69. The summed E-state index contributed by atoms with van der Waals surface area (Å²) in [5.74, 6) is 1.22. The Balaban J connectivity index is 1.58. The van der Waals surface area contributed by atoms with Crippen LogP contribution in [0.1, 0.15) is 33.9 Å². The van der Waals surface area contributed by atoms with Crippen LogP contribution in [0.4, 0.5) is 0 Å². The van der Waals surface area contributed by atoms with Crippen LogP contribution in [-0.2, 0) is 13.0 Å². The average Bonchev–Trinajstić information content (AvgIpc) is 3.39. The molecule has 3 nitrogen and oxygen atoms in total. The number of rotatable bonds is 5. The molecule has 4 aromatic rings. The zero-order chi connectivity index (χ0) is 20.3. The molecule has 1 aliphatic carbocycles. The molecule has 0 bridgehead atoms. The number of hydrogen-bond donors (Lipinski definition) is 0. The van der Waals surface area contributed by atoms with E-state index in [1.54, 1.807) is 7.11 Å². The fourth-order valence-corrected chi connectivity index (χ4v) is 4.33. The molecule has 0 spiro atoms. The summed E-state index contributed by atoms with van der Waals surface area (Å²) in [7, 11) is 1.73. The maximum atomic E-state index is 5.52. The van der Waals surface area contributed by atoms with Crippen LogP contribution in [0.15, 0.2) is 91.4 Å². The van der Waals surface area contributed by atoms with E-state index >= 15 is 0 Å². The Bertz CT molecular complexity index is 1180. The predicted molar refractivity (Wildman–Crippen MR) is 122 cm³/mol. The molecule has 148 valence electrons. The first-order valence-electron chi connectivity index (χ1n) is 10.3. The van der Waals surface area contributed by atoms with Crippen molar-refractivity contribution in [2.45, 2.75) is 18.9 Å². The van der Waals surface area contributed by atoms with Crippen LogP contribution in [0.3, 0.4) is 0 Å². The first-order valence-corrected chi connectivity index (χ1v) is 10.3. The third-order valence-electron chi connectivity index (χ3n) is 5.87. The zero-order valence-corrected chi connectivity index (χ0v) is 17.0. The van der Waals surface area contributed by atoms with Gasteiger partial charge >= 0.3 is 0 Å². The zero-order valence-electron chi connectivity index (χ0n) is 17.0. The van der Waals surface area contributed by atoms with Gasteiger partial charge in [-0.2, -0.15) is 0 Å². The predicted octanol–water partition coefficient (Wildman–Crippen LogP) is 5.82. The van der Waals surface area contributed by atoms with Gasteiger partial charge in [-0.05, 0) is 52.5 Å². The highest BCUT2D eigenvalue weighted by Crippen LogP contribution is 2.45. The molecule has 0 fully saturated rings. The summed E-state index contributed by atoms with van der Waals surface area (Å²) < 4.78 is 7.73.